The van der Waals surface area contributed by atoms with E-state index in [2.05, 4.69) is 17.0 Å². The standard InChI is InChI=1S/C33H31N5O3S/c1-3-5-9-20-41-28-18-14-24(15-19-28)31-34-33-38(36-31)32(39)29(42-33)21-25-22-37(26-10-7-6-8-11-26)35-30(25)23-12-16-27(17-13-23)40-4-2/h6-8,10-19,21-22H,3-5,9,20H2,1-2H3. The van der Waals surface area contributed by atoms with Gasteiger partial charge in [0.05, 0.1) is 23.4 Å². The van der Waals surface area contributed by atoms with E-state index in [4.69, 9.17) is 14.6 Å². The molecule has 0 radical (unpaired) electrons. The van der Waals surface area contributed by atoms with E-state index in [1.165, 1.54) is 15.9 Å². The molecule has 8 nitrogen and oxygen atoms in total. The smallest absolute Gasteiger partial charge is 0.291 e. The highest BCUT2D eigenvalue weighted by Gasteiger charge is 2.15. The molecule has 6 aromatic rings. The highest BCUT2D eigenvalue weighted by molar-refractivity contribution is 7.15. The maximum atomic E-state index is 13.4. The third-order valence-corrected chi connectivity index (χ3v) is 7.76. The molecule has 0 aliphatic heterocycles. The Morgan fingerprint density at radius 3 is 2.24 bits per heavy atom. The fraction of sp³-hybridized carbons (Fsp3) is 0.212. The summed E-state index contributed by atoms with van der Waals surface area (Å²) in [6.07, 6.45) is 7.16. The van der Waals surface area contributed by atoms with E-state index in [1.54, 1.807) is 0 Å². The predicted molar refractivity (Wildman–Crippen MR) is 167 cm³/mol. The monoisotopic (exact) mass is 577 g/mol. The Kier molecular flexibility index (Phi) is 8.09. The Hall–Kier alpha value is -4.76. The third kappa shape index (κ3) is 5.82. The second kappa shape index (κ2) is 12.4. The summed E-state index contributed by atoms with van der Waals surface area (Å²) in [5, 5.41) is 9.41. The van der Waals surface area contributed by atoms with Gasteiger partial charge in [0, 0.05) is 22.9 Å². The van der Waals surface area contributed by atoms with Gasteiger partial charge in [0.25, 0.3) is 5.56 Å². The van der Waals surface area contributed by atoms with Crippen LogP contribution in [0.25, 0.3) is 39.4 Å². The second-order valence-electron chi connectivity index (χ2n) is 9.80. The number of rotatable bonds is 11. The average Bonchev–Trinajstić information content (AvgIpc) is 3.72. The lowest BCUT2D eigenvalue weighted by Gasteiger charge is -2.05. The van der Waals surface area contributed by atoms with Crippen molar-refractivity contribution in [3.63, 3.8) is 0 Å². The molecule has 212 valence electrons. The summed E-state index contributed by atoms with van der Waals surface area (Å²) in [5.41, 5.74) is 4.05. The van der Waals surface area contributed by atoms with Crippen molar-refractivity contribution in [3.05, 3.63) is 106 Å². The van der Waals surface area contributed by atoms with Gasteiger partial charge in [-0.2, -0.15) is 14.6 Å². The van der Waals surface area contributed by atoms with Crippen molar-refractivity contribution in [2.45, 2.75) is 33.1 Å². The van der Waals surface area contributed by atoms with Crippen LogP contribution in [0.2, 0.25) is 0 Å². The predicted octanol–water partition coefficient (Wildman–Crippen LogP) is 6.19. The number of hydrogen-bond donors (Lipinski definition) is 0. The molecule has 0 bridgehead atoms. The lowest BCUT2D eigenvalue weighted by Crippen LogP contribution is -2.23. The number of thiazole rings is 1. The Bertz CT molecular complexity index is 1890. The Balaban J connectivity index is 1.33. The maximum Gasteiger partial charge on any atom is 0.291 e. The van der Waals surface area contributed by atoms with Crippen LogP contribution in [0.15, 0.2) is 89.9 Å². The molecule has 0 spiro atoms. The molecular weight excluding hydrogens is 546 g/mol. The number of fused-ring (bicyclic) bond motifs is 1. The van der Waals surface area contributed by atoms with Crippen LogP contribution in [0.5, 0.6) is 11.5 Å². The first kappa shape index (κ1) is 27.4. The number of aromatic nitrogens is 5. The summed E-state index contributed by atoms with van der Waals surface area (Å²) in [5.74, 6) is 2.12. The zero-order valence-corrected chi connectivity index (χ0v) is 24.4. The summed E-state index contributed by atoms with van der Waals surface area (Å²) < 4.78 is 15.2. The fourth-order valence-corrected chi connectivity index (χ4v) is 5.54. The molecule has 0 aliphatic carbocycles. The first-order valence-corrected chi connectivity index (χ1v) is 15.0. The Morgan fingerprint density at radius 2 is 1.55 bits per heavy atom. The molecular formula is C33H31N5O3S. The van der Waals surface area contributed by atoms with Crippen molar-refractivity contribution in [1.29, 1.82) is 0 Å². The van der Waals surface area contributed by atoms with Crippen molar-refractivity contribution < 1.29 is 9.47 Å². The Labute approximate surface area is 247 Å². The van der Waals surface area contributed by atoms with Crippen LogP contribution in [-0.2, 0) is 0 Å². The summed E-state index contributed by atoms with van der Waals surface area (Å²) in [4.78, 5) is 18.6. The van der Waals surface area contributed by atoms with E-state index in [0.717, 1.165) is 58.8 Å². The molecule has 6 rings (SSSR count). The molecule has 9 heteroatoms. The average molecular weight is 578 g/mol. The van der Waals surface area contributed by atoms with Gasteiger partial charge in [0.2, 0.25) is 4.96 Å². The van der Waals surface area contributed by atoms with Crippen molar-refractivity contribution >= 4 is 22.4 Å². The number of ether oxygens (including phenoxy) is 2. The van der Waals surface area contributed by atoms with E-state index in [-0.39, 0.29) is 5.56 Å². The van der Waals surface area contributed by atoms with E-state index in [1.807, 2.05) is 103 Å². The number of hydrogen-bond acceptors (Lipinski definition) is 7. The molecule has 3 heterocycles. The van der Waals surface area contributed by atoms with Crippen molar-refractivity contribution in [2.75, 3.05) is 13.2 Å². The van der Waals surface area contributed by atoms with Crippen molar-refractivity contribution in [3.8, 4) is 39.8 Å². The lowest BCUT2D eigenvalue weighted by atomic mass is 10.1. The number of benzene rings is 3. The molecule has 3 aromatic heterocycles. The van der Waals surface area contributed by atoms with Gasteiger partial charge < -0.3 is 9.47 Å². The van der Waals surface area contributed by atoms with Crippen LogP contribution in [0.4, 0.5) is 0 Å². The number of nitrogens with zero attached hydrogens (tertiary/aromatic N) is 5. The molecule has 0 aliphatic rings. The van der Waals surface area contributed by atoms with E-state index in [0.29, 0.717) is 28.5 Å². The van der Waals surface area contributed by atoms with E-state index in [9.17, 15) is 4.79 Å². The maximum absolute atomic E-state index is 13.4. The summed E-state index contributed by atoms with van der Waals surface area (Å²) in [7, 11) is 0. The largest absolute Gasteiger partial charge is 0.494 e. The van der Waals surface area contributed by atoms with Gasteiger partial charge in [-0.1, -0.05) is 49.3 Å². The molecule has 0 saturated heterocycles. The fourth-order valence-electron chi connectivity index (χ4n) is 4.65. The number of para-hydroxylation sites is 1. The van der Waals surface area contributed by atoms with Crippen molar-refractivity contribution in [2.24, 2.45) is 0 Å². The minimum absolute atomic E-state index is 0.213. The minimum atomic E-state index is -0.213. The van der Waals surface area contributed by atoms with Gasteiger partial charge in [0.1, 0.15) is 17.2 Å². The second-order valence-corrected chi connectivity index (χ2v) is 10.8. The quantitative estimate of drug-likeness (QED) is 0.171. The van der Waals surface area contributed by atoms with E-state index >= 15 is 0 Å². The van der Waals surface area contributed by atoms with Gasteiger partial charge in [0.15, 0.2) is 5.82 Å². The lowest BCUT2D eigenvalue weighted by molar-refractivity contribution is 0.306. The molecule has 0 atom stereocenters. The molecule has 0 fully saturated rings. The normalized spacial score (nSPS) is 11.8. The van der Waals surface area contributed by atoms with Crippen LogP contribution < -0.4 is 19.6 Å². The van der Waals surface area contributed by atoms with E-state index < -0.39 is 0 Å². The highest BCUT2D eigenvalue weighted by Crippen LogP contribution is 2.27. The molecule has 0 unspecified atom stereocenters. The van der Waals surface area contributed by atoms with Gasteiger partial charge in [-0.3, -0.25) is 4.79 Å². The first-order chi connectivity index (χ1) is 20.6. The molecule has 0 saturated carbocycles. The van der Waals surface area contributed by atoms with Gasteiger partial charge in [-0.05, 0) is 80.1 Å². The van der Waals surface area contributed by atoms with Crippen LogP contribution in [-0.4, -0.2) is 37.6 Å². The molecule has 0 amide bonds. The summed E-state index contributed by atoms with van der Waals surface area (Å²) in [6, 6.07) is 25.4. The molecule has 0 N–H and O–H groups in total. The third-order valence-electron chi connectivity index (χ3n) is 6.80. The first-order valence-electron chi connectivity index (χ1n) is 14.2. The zero-order valence-electron chi connectivity index (χ0n) is 23.6. The van der Waals surface area contributed by atoms with Crippen molar-refractivity contribution in [1.82, 2.24) is 24.4 Å². The zero-order chi connectivity index (χ0) is 28.9. The van der Waals surface area contributed by atoms with Crippen LogP contribution >= 0.6 is 11.3 Å². The highest BCUT2D eigenvalue weighted by atomic mass is 32.1. The van der Waals surface area contributed by atoms with Crippen LogP contribution in [0, 0.1) is 0 Å². The molecule has 42 heavy (non-hydrogen) atoms. The topological polar surface area (TPSA) is 83.5 Å². The van der Waals surface area contributed by atoms with Gasteiger partial charge in [-0.15, -0.1) is 5.10 Å². The number of unbranched alkanes of at least 4 members (excludes halogenated alkanes) is 2. The SMILES string of the molecule is CCCCCOc1ccc(-c2nc3sc(=Cc4cn(-c5ccccc5)nc4-c4ccc(OCC)cc4)c(=O)n3n2)cc1. The minimum Gasteiger partial charge on any atom is -0.494 e. The van der Waals surface area contributed by atoms with Gasteiger partial charge >= 0.3 is 0 Å². The summed E-state index contributed by atoms with van der Waals surface area (Å²) >= 11 is 1.31. The summed E-state index contributed by atoms with van der Waals surface area (Å²) in [6.45, 7) is 5.43. The Morgan fingerprint density at radius 1 is 0.833 bits per heavy atom. The van der Waals surface area contributed by atoms with Crippen LogP contribution in [0.3, 0.4) is 0 Å². The van der Waals surface area contributed by atoms with Crippen LogP contribution in [0.1, 0.15) is 38.7 Å². The van der Waals surface area contributed by atoms with Gasteiger partial charge in [-0.25, -0.2) is 4.68 Å². The molecule has 3 aromatic carbocycles.